The predicted molar refractivity (Wildman–Crippen MR) is 58.6 cm³/mol. The average molecular weight is 220 g/mol. The third kappa shape index (κ3) is 2.59. The van der Waals surface area contributed by atoms with Crippen molar-refractivity contribution in [3.63, 3.8) is 0 Å². The average Bonchev–Trinajstić information content (AvgIpc) is 2.76. The second-order valence-corrected chi connectivity index (χ2v) is 3.45. The van der Waals surface area contributed by atoms with Gasteiger partial charge in [0.25, 0.3) is 0 Å². The number of halogens is 1. The van der Waals surface area contributed by atoms with Crippen molar-refractivity contribution in [3.05, 3.63) is 48.0 Å². The summed E-state index contributed by atoms with van der Waals surface area (Å²) in [6, 6.07) is 5.98. The highest BCUT2D eigenvalue weighted by atomic mass is 19.1. The third-order valence-corrected chi connectivity index (χ3v) is 2.23. The number of nitrogens with zero attached hydrogens (tertiary/aromatic N) is 2. The summed E-state index contributed by atoms with van der Waals surface area (Å²) in [4.78, 5) is 0. The molecule has 0 spiro atoms. The van der Waals surface area contributed by atoms with Crippen LogP contribution < -0.4 is 4.74 Å². The number of rotatable bonds is 4. The van der Waals surface area contributed by atoms with Gasteiger partial charge in [0.1, 0.15) is 18.2 Å². The number of aryl methyl sites for hydroxylation is 1. The molecule has 16 heavy (non-hydrogen) atoms. The lowest BCUT2D eigenvalue weighted by molar-refractivity contribution is 0.305. The lowest BCUT2D eigenvalue weighted by Crippen LogP contribution is -1.95. The van der Waals surface area contributed by atoms with Crippen molar-refractivity contribution in [1.82, 2.24) is 9.78 Å². The molecule has 0 unspecified atom stereocenters. The van der Waals surface area contributed by atoms with E-state index in [-0.39, 0.29) is 5.82 Å². The van der Waals surface area contributed by atoms with Crippen molar-refractivity contribution in [2.24, 2.45) is 0 Å². The van der Waals surface area contributed by atoms with Crippen molar-refractivity contribution < 1.29 is 9.13 Å². The molecule has 2 rings (SSSR count). The van der Waals surface area contributed by atoms with Crippen LogP contribution in [0.5, 0.6) is 5.75 Å². The Labute approximate surface area is 93.5 Å². The molecular weight excluding hydrogens is 207 g/mol. The number of aromatic nitrogens is 2. The minimum Gasteiger partial charge on any atom is -0.489 e. The Morgan fingerprint density at radius 3 is 2.69 bits per heavy atom. The molecule has 0 N–H and O–H groups in total. The Kier molecular flexibility index (Phi) is 3.19. The molecule has 0 amide bonds. The fourth-order valence-electron chi connectivity index (χ4n) is 1.35. The first kappa shape index (κ1) is 10.7. The Morgan fingerprint density at radius 2 is 2.06 bits per heavy atom. The highest BCUT2D eigenvalue weighted by Gasteiger charge is 1.99. The summed E-state index contributed by atoms with van der Waals surface area (Å²) < 4.78 is 20.0. The summed E-state index contributed by atoms with van der Waals surface area (Å²) in [5.74, 6) is 0.400. The van der Waals surface area contributed by atoms with Crippen LogP contribution in [0.2, 0.25) is 0 Å². The molecule has 0 aliphatic carbocycles. The summed E-state index contributed by atoms with van der Waals surface area (Å²) in [6.07, 6.45) is 3.70. The van der Waals surface area contributed by atoms with Gasteiger partial charge >= 0.3 is 0 Å². The molecule has 3 nitrogen and oxygen atoms in total. The van der Waals surface area contributed by atoms with Gasteiger partial charge in [-0.25, -0.2) is 4.39 Å². The molecule has 1 aromatic carbocycles. The van der Waals surface area contributed by atoms with Gasteiger partial charge in [-0.3, -0.25) is 4.68 Å². The molecule has 2 aromatic rings. The highest BCUT2D eigenvalue weighted by Crippen LogP contribution is 2.13. The number of benzene rings is 1. The maximum atomic E-state index is 12.6. The molecular formula is C12H13FN2O. The lowest BCUT2D eigenvalue weighted by Gasteiger charge is -2.03. The van der Waals surface area contributed by atoms with E-state index < -0.39 is 0 Å². The molecule has 0 saturated carbocycles. The third-order valence-electron chi connectivity index (χ3n) is 2.23. The largest absolute Gasteiger partial charge is 0.489 e. The molecule has 0 aliphatic heterocycles. The van der Waals surface area contributed by atoms with E-state index in [2.05, 4.69) is 5.10 Å². The molecule has 0 aliphatic rings. The molecule has 0 fully saturated rings. The van der Waals surface area contributed by atoms with Crippen LogP contribution in [0.1, 0.15) is 12.5 Å². The Morgan fingerprint density at radius 1 is 1.31 bits per heavy atom. The Bertz CT molecular complexity index is 450. The molecule has 84 valence electrons. The maximum Gasteiger partial charge on any atom is 0.123 e. The summed E-state index contributed by atoms with van der Waals surface area (Å²) >= 11 is 0. The lowest BCUT2D eigenvalue weighted by atomic mass is 10.3. The van der Waals surface area contributed by atoms with Crippen LogP contribution in [0.15, 0.2) is 36.7 Å². The first-order valence-corrected chi connectivity index (χ1v) is 5.17. The SMILES string of the molecule is CCn1cc(COc2ccc(F)cc2)cn1. The van der Waals surface area contributed by atoms with Gasteiger partial charge in [0.2, 0.25) is 0 Å². The quantitative estimate of drug-likeness (QED) is 0.792. The van der Waals surface area contributed by atoms with Crippen molar-refractivity contribution in [3.8, 4) is 5.75 Å². The van der Waals surface area contributed by atoms with Crippen LogP contribution in [0.3, 0.4) is 0 Å². The van der Waals surface area contributed by atoms with Gasteiger partial charge in [0, 0.05) is 18.3 Å². The van der Waals surface area contributed by atoms with Crippen molar-refractivity contribution in [2.45, 2.75) is 20.1 Å². The molecule has 4 heteroatoms. The first-order valence-electron chi connectivity index (χ1n) is 5.17. The van der Waals surface area contributed by atoms with E-state index in [1.807, 2.05) is 17.8 Å². The van der Waals surface area contributed by atoms with Crippen LogP contribution >= 0.6 is 0 Å². The molecule has 0 saturated heterocycles. The van der Waals surface area contributed by atoms with Crippen LogP contribution in [0.4, 0.5) is 4.39 Å². The fraction of sp³-hybridized carbons (Fsp3) is 0.250. The van der Waals surface area contributed by atoms with Gasteiger partial charge < -0.3 is 4.74 Å². The van der Waals surface area contributed by atoms with E-state index in [0.717, 1.165) is 12.1 Å². The Hall–Kier alpha value is -1.84. The normalized spacial score (nSPS) is 10.4. The number of ether oxygens (including phenoxy) is 1. The molecule has 1 heterocycles. The highest BCUT2D eigenvalue weighted by molar-refractivity contribution is 5.22. The minimum absolute atomic E-state index is 0.258. The van der Waals surface area contributed by atoms with E-state index in [9.17, 15) is 4.39 Å². The summed E-state index contributed by atoms with van der Waals surface area (Å²) in [7, 11) is 0. The summed E-state index contributed by atoms with van der Waals surface area (Å²) in [6.45, 7) is 3.32. The van der Waals surface area contributed by atoms with Gasteiger partial charge in [0.15, 0.2) is 0 Å². The molecule has 0 atom stereocenters. The van der Waals surface area contributed by atoms with Crippen molar-refractivity contribution in [1.29, 1.82) is 0 Å². The van der Waals surface area contributed by atoms with E-state index in [0.29, 0.717) is 12.4 Å². The fourth-order valence-corrected chi connectivity index (χ4v) is 1.35. The molecule has 0 bridgehead atoms. The summed E-state index contributed by atoms with van der Waals surface area (Å²) in [5.41, 5.74) is 1.01. The zero-order chi connectivity index (χ0) is 11.4. The van der Waals surface area contributed by atoms with Gasteiger partial charge in [-0.05, 0) is 31.2 Å². The van der Waals surface area contributed by atoms with Gasteiger partial charge in [-0.1, -0.05) is 0 Å². The minimum atomic E-state index is -0.258. The van der Waals surface area contributed by atoms with E-state index in [1.54, 1.807) is 18.3 Å². The van der Waals surface area contributed by atoms with Gasteiger partial charge in [-0.15, -0.1) is 0 Å². The Balaban J connectivity index is 1.94. The van der Waals surface area contributed by atoms with Crippen LogP contribution in [0.25, 0.3) is 0 Å². The first-order chi connectivity index (χ1) is 7.78. The summed E-state index contributed by atoms with van der Waals surface area (Å²) in [5, 5.41) is 4.14. The van der Waals surface area contributed by atoms with Gasteiger partial charge in [0.05, 0.1) is 6.20 Å². The van der Waals surface area contributed by atoms with E-state index in [4.69, 9.17) is 4.74 Å². The second-order valence-electron chi connectivity index (χ2n) is 3.45. The van der Waals surface area contributed by atoms with Crippen LogP contribution in [0, 0.1) is 5.82 Å². The van der Waals surface area contributed by atoms with Crippen LogP contribution in [-0.4, -0.2) is 9.78 Å². The molecule has 1 aromatic heterocycles. The monoisotopic (exact) mass is 220 g/mol. The van der Waals surface area contributed by atoms with E-state index >= 15 is 0 Å². The molecule has 0 radical (unpaired) electrons. The number of hydrogen-bond donors (Lipinski definition) is 0. The smallest absolute Gasteiger partial charge is 0.123 e. The predicted octanol–water partition coefficient (Wildman–Crippen LogP) is 2.62. The zero-order valence-electron chi connectivity index (χ0n) is 9.06. The zero-order valence-corrected chi connectivity index (χ0v) is 9.06. The maximum absolute atomic E-state index is 12.6. The van der Waals surface area contributed by atoms with Crippen LogP contribution in [-0.2, 0) is 13.2 Å². The van der Waals surface area contributed by atoms with E-state index in [1.165, 1.54) is 12.1 Å². The van der Waals surface area contributed by atoms with Crippen molar-refractivity contribution in [2.75, 3.05) is 0 Å². The second kappa shape index (κ2) is 4.79. The standard InChI is InChI=1S/C12H13FN2O/c1-2-15-8-10(7-14-15)9-16-12-5-3-11(13)4-6-12/h3-8H,2,9H2,1H3. The van der Waals surface area contributed by atoms with Gasteiger partial charge in [-0.2, -0.15) is 5.10 Å². The number of hydrogen-bond acceptors (Lipinski definition) is 2. The topological polar surface area (TPSA) is 27.1 Å². The van der Waals surface area contributed by atoms with Crippen molar-refractivity contribution >= 4 is 0 Å².